The van der Waals surface area contributed by atoms with Gasteiger partial charge in [0.2, 0.25) is 17.6 Å². The molecule has 5 aliphatic rings. The summed E-state index contributed by atoms with van der Waals surface area (Å²) in [6.07, 6.45) is 12.9. The molecule has 1 saturated heterocycles. The summed E-state index contributed by atoms with van der Waals surface area (Å²) in [5.74, 6) is -2.24. The molecule has 5 fully saturated rings. The molecule has 5 rings (SSSR count). The molecule has 304 valence electrons. The van der Waals surface area contributed by atoms with Crippen LogP contribution in [-0.2, 0) is 29.0 Å². The fourth-order valence-corrected chi connectivity index (χ4v) is 12.0. The van der Waals surface area contributed by atoms with Crippen LogP contribution in [0.25, 0.3) is 0 Å². The van der Waals surface area contributed by atoms with E-state index in [0.29, 0.717) is 32.2 Å². The van der Waals surface area contributed by atoms with Gasteiger partial charge in [-0.15, -0.1) is 6.58 Å². The molecule has 4 N–H and O–H groups in total. The summed E-state index contributed by atoms with van der Waals surface area (Å²) in [7, 11) is -3.59. The Hall–Kier alpha value is -2.96. The molecular formula is C41H67N5O7S. The number of hydrogen-bond acceptors (Lipinski definition) is 7. The summed E-state index contributed by atoms with van der Waals surface area (Å²) >= 11 is 0. The van der Waals surface area contributed by atoms with Crippen LogP contribution >= 0.6 is 0 Å². The van der Waals surface area contributed by atoms with E-state index in [1.807, 2.05) is 13.8 Å². The number of piperidine rings is 1. The molecule has 54 heavy (non-hydrogen) atoms. The van der Waals surface area contributed by atoms with E-state index >= 15 is 0 Å². The van der Waals surface area contributed by atoms with Crippen molar-refractivity contribution in [2.75, 3.05) is 18.8 Å². The summed E-state index contributed by atoms with van der Waals surface area (Å²) in [5, 5.41) is 11.7. The minimum atomic E-state index is -3.59. The lowest BCUT2D eigenvalue weighted by Gasteiger charge is -2.44. The fraction of sp³-hybridized carbons (Fsp3) is 0.829. The number of carbonyl (C=O) groups is 5. The number of sulfone groups is 1. The molecule has 0 radical (unpaired) electrons. The first-order valence-corrected chi connectivity index (χ1v) is 22.3. The molecule has 1 heterocycles. The number of urea groups is 1. The predicted octanol–water partition coefficient (Wildman–Crippen LogP) is 4.96. The van der Waals surface area contributed by atoms with E-state index < -0.39 is 67.3 Å². The Morgan fingerprint density at radius 3 is 2.11 bits per heavy atom. The Balaban J connectivity index is 1.40. The van der Waals surface area contributed by atoms with Gasteiger partial charge in [-0.2, -0.15) is 0 Å². The predicted molar refractivity (Wildman–Crippen MR) is 209 cm³/mol. The zero-order chi connectivity index (χ0) is 39.7. The van der Waals surface area contributed by atoms with Crippen LogP contribution < -0.4 is 21.3 Å². The summed E-state index contributed by atoms with van der Waals surface area (Å²) in [5.41, 5.74) is -1.73. The number of Topliss-reactive ketones (excluding diaryl/α,β-unsaturated/α-hetero) is 1. The lowest BCUT2D eigenvalue weighted by molar-refractivity contribution is -0.146. The Morgan fingerprint density at radius 1 is 0.926 bits per heavy atom. The van der Waals surface area contributed by atoms with Crippen LogP contribution in [-0.4, -0.2) is 90.1 Å². The molecule has 1 aliphatic heterocycles. The van der Waals surface area contributed by atoms with Gasteiger partial charge in [0, 0.05) is 13.1 Å². The van der Waals surface area contributed by atoms with Crippen molar-refractivity contribution in [1.82, 2.24) is 26.2 Å². The number of carbonyl (C=O) groups excluding carboxylic acids is 5. The van der Waals surface area contributed by atoms with Crippen molar-refractivity contribution >= 4 is 39.4 Å². The second-order valence-corrected chi connectivity index (χ2v) is 21.5. The average molecular weight is 774 g/mol. The molecule has 0 aromatic rings. The van der Waals surface area contributed by atoms with E-state index in [9.17, 15) is 32.4 Å². The number of nitrogens with one attached hydrogen (secondary N) is 4. The van der Waals surface area contributed by atoms with Crippen LogP contribution in [0.3, 0.4) is 0 Å². The van der Waals surface area contributed by atoms with Crippen molar-refractivity contribution in [3.8, 4) is 0 Å². The van der Waals surface area contributed by atoms with Crippen LogP contribution in [0.1, 0.15) is 138 Å². The van der Waals surface area contributed by atoms with Crippen LogP contribution in [0.4, 0.5) is 4.79 Å². The maximum Gasteiger partial charge on any atom is 0.315 e. The second kappa shape index (κ2) is 16.3. The van der Waals surface area contributed by atoms with Crippen LogP contribution in [0.5, 0.6) is 0 Å². The third-order valence-corrected chi connectivity index (χ3v) is 16.7. The molecule has 5 atom stereocenters. The van der Waals surface area contributed by atoms with E-state index in [1.54, 1.807) is 18.7 Å². The molecule has 13 heteroatoms. The van der Waals surface area contributed by atoms with Crippen molar-refractivity contribution in [3.63, 3.8) is 0 Å². The Labute approximate surface area is 323 Å². The third kappa shape index (κ3) is 9.02. The molecule has 12 nitrogen and oxygen atoms in total. The Morgan fingerprint density at radius 2 is 1.54 bits per heavy atom. The summed E-state index contributed by atoms with van der Waals surface area (Å²) in [4.78, 5) is 71.2. The molecule has 4 saturated carbocycles. The Bertz CT molecular complexity index is 1560. The van der Waals surface area contributed by atoms with Gasteiger partial charge in [-0.1, -0.05) is 91.6 Å². The van der Waals surface area contributed by atoms with Crippen molar-refractivity contribution in [1.29, 1.82) is 0 Å². The zero-order valence-electron chi connectivity index (χ0n) is 33.7. The SMILES string of the molecule is C=CCNC(=O)C(=O)C(CC1CC1)NC(=O)[C@@H]1[C@@H]2[C@H](CN1C(=O)[C@@H](NC(=O)NC1(CS(=O)(=O)C(C)(C)CCC)CCCCC1)C1(C)CCCCC1)C2(C)C. The van der Waals surface area contributed by atoms with E-state index in [2.05, 4.69) is 41.7 Å². The van der Waals surface area contributed by atoms with Gasteiger partial charge in [0.25, 0.3) is 5.91 Å². The molecule has 0 aromatic carbocycles. The van der Waals surface area contributed by atoms with Crippen LogP contribution in [0, 0.1) is 28.6 Å². The highest BCUT2D eigenvalue weighted by molar-refractivity contribution is 7.92. The number of rotatable bonds is 17. The second-order valence-electron chi connectivity index (χ2n) is 18.8. The monoisotopic (exact) mass is 773 g/mol. The largest absolute Gasteiger partial charge is 0.346 e. The highest BCUT2D eigenvalue weighted by Crippen LogP contribution is 2.65. The number of amides is 5. The summed E-state index contributed by atoms with van der Waals surface area (Å²) in [6, 6.07) is -3.38. The quantitative estimate of drug-likeness (QED) is 0.120. The molecule has 1 unspecified atom stereocenters. The molecular weight excluding hydrogens is 707 g/mol. The van der Waals surface area contributed by atoms with Gasteiger partial charge < -0.3 is 26.2 Å². The first-order valence-electron chi connectivity index (χ1n) is 20.7. The highest BCUT2D eigenvalue weighted by atomic mass is 32.2. The first-order chi connectivity index (χ1) is 25.3. The minimum absolute atomic E-state index is 0.0708. The van der Waals surface area contributed by atoms with Crippen molar-refractivity contribution in [2.45, 2.75) is 166 Å². The average Bonchev–Trinajstić information content (AvgIpc) is 3.96. The lowest BCUT2D eigenvalue weighted by atomic mass is 9.70. The standard InChI is InChI=1S/C41H67N5O7S/c1-8-18-38(3,4)54(52,53)26-41(21-14-11-15-22-41)45-37(51)44-33(40(7)19-12-10-13-20-40)36(50)46-25-28-30(39(28,5)6)31(46)34(48)43-29(24-27-16-17-27)32(47)35(49)42-23-9-2/h9,27-31,33H,2,8,10-26H2,1,3-7H3,(H,42,49)(H,43,48)(H2,44,45,51)/t28-,29?,30-,31-,33+/m0/s1. The van der Waals surface area contributed by atoms with Gasteiger partial charge in [-0.05, 0) is 81.0 Å². The fourth-order valence-electron chi connectivity index (χ4n) is 10.0. The number of likely N-dealkylation sites (tertiary alicyclic amines) is 1. The first kappa shape index (κ1) is 42.2. The molecule has 0 spiro atoms. The minimum Gasteiger partial charge on any atom is -0.346 e. The van der Waals surface area contributed by atoms with Gasteiger partial charge in [-0.3, -0.25) is 19.2 Å². The summed E-state index contributed by atoms with van der Waals surface area (Å²) in [6.45, 7) is 15.8. The normalized spacial score (nSPS) is 26.7. The van der Waals surface area contributed by atoms with E-state index in [-0.39, 0.29) is 41.4 Å². The van der Waals surface area contributed by atoms with E-state index in [1.165, 1.54) is 6.08 Å². The van der Waals surface area contributed by atoms with Gasteiger partial charge in [0.1, 0.15) is 12.1 Å². The molecule has 0 aromatic heterocycles. The lowest BCUT2D eigenvalue weighted by Crippen LogP contribution is -2.65. The summed E-state index contributed by atoms with van der Waals surface area (Å²) < 4.78 is 26.7. The van der Waals surface area contributed by atoms with Crippen LogP contribution in [0.15, 0.2) is 12.7 Å². The smallest absolute Gasteiger partial charge is 0.315 e. The van der Waals surface area contributed by atoms with Gasteiger partial charge >= 0.3 is 6.03 Å². The van der Waals surface area contributed by atoms with Gasteiger partial charge in [0.05, 0.1) is 22.1 Å². The Kier molecular flexibility index (Phi) is 12.7. The van der Waals surface area contributed by atoms with E-state index in [4.69, 9.17) is 0 Å². The van der Waals surface area contributed by atoms with Crippen molar-refractivity contribution in [3.05, 3.63) is 12.7 Å². The number of fused-ring (bicyclic) bond motifs is 1. The number of ketones is 1. The van der Waals surface area contributed by atoms with E-state index in [0.717, 1.165) is 70.6 Å². The highest BCUT2D eigenvalue weighted by Gasteiger charge is 2.70. The number of nitrogens with zero attached hydrogens (tertiary/aromatic N) is 1. The van der Waals surface area contributed by atoms with Crippen molar-refractivity contribution < 1.29 is 32.4 Å². The van der Waals surface area contributed by atoms with Crippen molar-refractivity contribution in [2.24, 2.45) is 28.6 Å². The molecule has 5 amide bonds. The maximum atomic E-state index is 15.0. The maximum absolute atomic E-state index is 15.0. The number of hydrogen-bond donors (Lipinski definition) is 4. The van der Waals surface area contributed by atoms with Crippen LogP contribution in [0.2, 0.25) is 0 Å². The van der Waals surface area contributed by atoms with Gasteiger partial charge in [0.15, 0.2) is 9.84 Å². The molecule has 0 bridgehead atoms. The zero-order valence-corrected chi connectivity index (χ0v) is 34.5. The topological polar surface area (TPSA) is 171 Å². The van der Waals surface area contributed by atoms with Gasteiger partial charge in [-0.25, -0.2) is 13.2 Å². The third-order valence-electron chi connectivity index (χ3n) is 13.9. The molecule has 4 aliphatic carbocycles.